The van der Waals surface area contributed by atoms with Gasteiger partial charge in [-0.1, -0.05) is 0 Å². The van der Waals surface area contributed by atoms with Gasteiger partial charge in [0.1, 0.15) is 11.6 Å². The Bertz CT molecular complexity index is 570. The van der Waals surface area contributed by atoms with Crippen LogP contribution in [0.5, 0.6) is 0 Å². The fourth-order valence-corrected chi connectivity index (χ4v) is 3.51. The number of nitrogens with zero attached hydrogens (tertiary/aromatic N) is 1. The molecule has 128 valence electrons. The summed E-state index contributed by atoms with van der Waals surface area (Å²) < 4.78 is 5.45. The van der Waals surface area contributed by atoms with Gasteiger partial charge < -0.3 is 10.1 Å². The van der Waals surface area contributed by atoms with Crippen molar-refractivity contribution in [2.24, 2.45) is 0 Å². The van der Waals surface area contributed by atoms with Crippen molar-refractivity contribution in [2.75, 3.05) is 11.9 Å². The maximum Gasteiger partial charge on any atom is 0.410 e. The molecule has 6 heteroatoms. The van der Waals surface area contributed by atoms with Crippen LogP contribution in [-0.4, -0.2) is 35.1 Å². The summed E-state index contributed by atoms with van der Waals surface area (Å²) in [5.41, 5.74) is 1.37. The van der Waals surface area contributed by atoms with E-state index in [2.05, 4.69) is 5.32 Å². The van der Waals surface area contributed by atoms with Gasteiger partial charge in [0.25, 0.3) is 0 Å². The Morgan fingerprint density at radius 1 is 1.30 bits per heavy atom. The predicted octanol–water partition coefficient (Wildman–Crippen LogP) is 4.09. The summed E-state index contributed by atoms with van der Waals surface area (Å²) >= 11 is 1.61. The van der Waals surface area contributed by atoms with E-state index in [0.29, 0.717) is 13.0 Å². The molecule has 1 atom stereocenters. The minimum Gasteiger partial charge on any atom is -0.444 e. The van der Waals surface area contributed by atoms with Crippen molar-refractivity contribution in [2.45, 2.75) is 65.5 Å². The van der Waals surface area contributed by atoms with Gasteiger partial charge in [-0.15, -0.1) is 11.3 Å². The molecule has 0 radical (unpaired) electrons. The molecule has 0 saturated carbocycles. The number of thiophene rings is 1. The molecule has 1 aromatic heterocycles. The van der Waals surface area contributed by atoms with Crippen molar-refractivity contribution < 1.29 is 14.3 Å². The molecule has 0 spiro atoms. The number of nitrogens with one attached hydrogen (secondary N) is 1. The van der Waals surface area contributed by atoms with E-state index in [4.69, 9.17) is 4.74 Å². The SMILES string of the molecule is Cc1csc(C)c1NC(=O)[C@H]1CCCCN1C(=O)OC(C)(C)C. The Kier molecular flexibility index (Phi) is 5.34. The fraction of sp³-hybridized carbons (Fsp3) is 0.647. The van der Waals surface area contributed by atoms with Crippen LogP contribution in [0, 0.1) is 13.8 Å². The van der Waals surface area contributed by atoms with E-state index < -0.39 is 17.7 Å². The molecular formula is C17H26N2O3S. The third-order valence-corrected chi connectivity index (χ3v) is 4.87. The summed E-state index contributed by atoms with van der Waals surface area (Å²) in [5.74, 6) is -0.125. The number of aryl methyl sites for hydroxylation is 2. The van der Waals surface area contributed by atoms with Gasteiger partial charge in [0.05, 0.1) is 5.69 Å². The number of hydrogen-bond donors (Lipinski definition) is 1. The first-order valence-corrected chi connectivity index (χ1v) is 8.92. The molecule has 0 bridgehead atoms. The van der Waals surface area contributed by atoms with Crippen LogP contribution >= 0.6 is 11.3 Å². The zero-order valence-electron chi connectivity index (χ0n) is 14.6. The fourth-order valence-electron chi connectivity index (χ4n) is 2.71. The van der Waals surface area contributed by atoms with Crippen LogP contribution in [0.2, 0.25) is 0 Å². The Labute approximate surface area is 142 Å². The van der Waals surface area contributed by atoms with Crippen LogP contribution in [-0.2, 0) is 9.53 Å². The van der Waals surface area contributed by atoms with Crippen molar-refractivity contribution >= 4 is 29.0 Å². The maximum absolute atomic E-state index is 12.7. The summed E-state index contributed by atoms with van der Waals surface area (Å²) in [6, 6.07) is -0.461. The lowest BCUT2D eigenvalue weighted by molar-refractivity contribution is -0.122. The standard InChI is InChI=1S/C17H26N2O3S/c1-11-10-23-12(2)14(11)18-15(20)13-8-6-7-9-19(13)16(21)22-17(3,4)5/h10,13H,6-9H2,1-5H3,(H,18,20)/t13-/m1/s1. The van der Waals surface area contributed by atoms with E-state index in [-0.39, 0.29) is 5.91 Å². The summed E-state index contributed by atoms with van der Waals surface area (Å²) in [6.45, 7) is 10.0. The van der Waals surface area contributed by atoms with Crippen LogP contribution in [0.4, 0.5) is 10.5 Å². The first-order valence-electron chi connectivity index (χ1n) is 8.04. The highest BCUT2D eigenvalue weighted by atomic mass is 32.1. The van der Waals surface area contributed by atoms with E-state index in [1.165, 1.54) is 0 Å². The first-order chi connectivity index (χ1) is 10.7. The number of hydrogen-bond acceptors (Lipinski definition) is 4. The molecule has 5 nitrogen and oxygen atoms in total. The van der Waals surface area contributed by atoms with E-state index in [0.717, 1.165) is 29.0 Å². The third-order valence-electron chi connectivity index (χ3n) is 3.84. The summed E-state index contributed by atoms with van der Waals surface area (Å²) in [6.07, 6.45) is 2.11. The Morgan fingerprint density at radius 3 is 2.57 bits per heavy atom. The molecule has 1 aliphatic heterocycles. The summed E-state index contributed by atoms with van der Waals surface area (Å²) in [4.78, 5) is 27.7. The molecular weight excluding hydrogens is 312 g/mol. The van der Waals surface area contributed by atoms with Crippen LogP contribution in [0.1, 0.15) is 50.5 Å². The number of piperidine rings is 1. The molecule has 1 N–H and O–H groups in total. The molecule has 2 amide bonds. The van der Waals surface area contributed by atoms with Crippen LogP contribution in [0.15, 0.2) is 5.38 Å². The molecule has 1 aromatic rings. The second-order valence-corrected chi connectivity index (χ2v) is 8.11. The van der Waals surface area contributed by atoms with Gasteiger partial charge in [-0.3, -0.25) is 9.69 Å². The largest absolute Gasteiger partial charge is 0.444 e. The molecule has 1 saturated heterocycles. The van der Waals surface area contributed by atoms with Gasteiger partial charge in [0, 0.05) is 11.4 Å². The third kappa shape index (κ3) is 4.47. The first kappa shape index (κ1) is 17.8. The Hall–Kier alpha value is -1.56. The van der Waals surface area contributed by atoms with Gasteiger partial charge >= 0.3 is 6.09 Å². The van der Waals surface area contributed by atoms with Crippen molar-refractivity contribution in [1.82, 2.24) is 4.90 Å². The molecule has 2 rings (SSSR count). The highest BCUT2D eigenvalue weighted by Gasteiger charge is 2.35. The highest BCUT2D eigenvalue weighted by molar-refractivity contribution is 7.10. The van der Waals surface area contributed by atoms with Crippen molar-refractivity contribution in [3.05, 3.63) is 15.8 Å². The molecule has 0 unspecified atom stereocenters. The zero-order valence-corrected chi connectivity index (χ0v) is 15.4. The van der Waals surface area contributed by atoms with Crippen molar-refractivity contribution in [1.29, 1.82) is 0 Å². The normalized spacial score (nSPS) is 18.7. The molecule has 1 aliphatic rings. The van der Waals surface area contributed by atoms with Crippen LogP contribution < -0.4 is 5.32 Å². The topological polar surface area (TPSA) is 58.6 Å². The quantitative estimate of drug-likeness (QED) is 0.883. The van der Waals surface area contributed by atoms with Crippen molar-refractivity contribution in [3.8, 4) is 0 Å². The smallest absolute Gasteiger partial charge is 0.410 e. The summed E-state index contributed by atoms with van der Waals surface area (Å²) in [7, 11) is 0. The van der Waals surface area contributed by atoms with Gasteiger partial charge in [0.2, 0.25) is 5.91 Å². The lowest BCUT2D eigenvalue weighted by Gasteiger charge is -2.35. The number of likely N-dealkylation sites (tertiary alicyclic amines) is 1. The summed E-state index contributed by atoms with van der Waals surface area (Å²) in [5, 5.41) is 5.02. The second kappa shape index (κ2) is 6.91. The number of ether oxygens (including phenoxy) is 1. The van der Waals surface area contributed by atoms with E-state index in [1.54, 1.807) is 16.2 Å². The van der Waals surface area contributed by atoms with Crippen LogP contribution in [0.3, 0.4) is 0 Å². The number of rotatable bonds is 2. The van der Waals surface area contributed by atoms with Crippen LogP contribution in [0.25, 0.3) is 0 Å². The predicted molar refractivity (Wildman–Crippen MR) is 93.0 cm³/mol. The molecule has 1 fully saturated rings. The second-order valence-electron chi connectivity index (χ2n) is 7.02. The Balaban J connectivity index is 2.11. The lowest BCUT2D eigenvalue weighted by Crippen LogP contribution is -2.51. The number of carbonyl (C=O) groups is 2. The highest BCUT2D eigenvalue weighted by Crippen LogP contribution is 2.28. The molecule has 0 aliphatic carbocycles. The van der Waals surface area contributed by atoms with Crippen molar-refractivity contribution in [3.63, 3.8) is 0 Å². The van der Waals surface area contributed by atoms with E-state index >= 15 is 0 Å². The maximum atomic E-state index is 12.7. The number of carbonyl (C=O) groups excluding carboxylic acids is 2. The number of amides is 2. The molecule has 23 heavy (non-hydrogen) atoms. The lowest BCUT2D eigenvalue weighted by atomic mass is 10.0. The van der Waals surface area contributed by atoms with Gasteiger partial charge in [-0.2, -0.15) is 0 Å². The average Bonchev–Trinajstić information content (AvgIpc) is 2.77. The molecule has 2 heterocycles. The zero-order chi connectivity index (χ0) is 17.2. The minimum atomic E-state index is -0.559. The number of anilines is 1. The minimum absolute atomic E-state index is 0.125. The van der Waals surface area contributed by atoms with Gasteiger partial charge in [-0.25, -0.2) is 4.79 Å². The van der Waals surface area contributed by atoms with Gasteiger partial charge in [-0.05, 0) is 64.8 Å². The molecule has 0 aromatic carbocycles. The monoisotopic (exact) mass is 338 g/mol. The van der Waals surface area contributed by atoms with E-state index in [9.17, 15) is 9.59 Å². The van der Waals surface area contributed by atoms with E-state index in [1.807, 2.05) is 40.0 Å². The average molecular weight is 338 g/mol. The van der Waals surface area contributed by atoms with Gasteiger partial charge in [0.15, 0.2) is 0 Å². The Morgan fingerprint density at radius 2 is 2.00 bits per heavy atom.